The van der Waals surface area contributed by atoms with Crippen LogP contribution in [0.1, 0.15) is 24.5 Å². The van der Waals surface area contributed by atoms with E-state index in [1.807, 2.05) is 6.07 Å². The molecule has 2 rings (SSSR count). The molecule has 1 aromatic carbocycles. The summed E-state index contributed by atoms with van der Waals surface area (Å²) in [6.45, 7) is 4.97. The maximum Gasteiger partial charge on any atom is 0.0454 e. The molecule has 0 amide bonds. The first kappa shape index (κ1) is 12.9. The van der Waals surface area contributed by atoms with E-state index in [9.17, 15) is 0 Å². The number of hydrogen-bond donors (Lipinski definition) is 1. The van der Waals surface area contributed by atoms with Gasteiger partial charge < -0.3 is 10.6 Å². The van der Waals surface area contributed by atoms with Crippen molar-refractivity contribution in [2.24, 2.45) is 17.6 Å². The van der Waals surface area contributed by atoms with Gasteiger partial charge >= 0.3 is 0 Å². The molecule has 0 spiro atoms. The largest absolute Gasteiger partial charge is 0.326 e. The molecule has 3 heteroatoms. The Kier molecular flexibility index (Phi) is 4.08. The molecule has 17 heavy (non-hydrogen) atoms. The minimum absolute atomic E-state index is 0.551. The summed E-state index contributed by atoms with van der Waals surface area (Å²) in [7, 11) is 2.16. The van der Waals surface area contributed by atoms with Gasteiger partial charge in [0.15, 0.2) is 0 Å². The summed E-state index contributed by atoms with van der Waals surface area (Å²) in [5.74, 6) is 1.80. The van der Waals surface area contributed by atoms with Gasteiger partial charge in [-0.3, -0.25) is 0 Å². The van der Waals surface area contributed by atoms with Crippen LogP contribution in [0.4, 0.5) is 0 Å². The van der Waals surface area contributed by atoms with Crippen molar-refractivity contribution in [3.05, 3.63) is 34.3 Å². The summed E-state index contributed by atoms with van der Waals surface area (Å²) < 4.78 is 0. The number of halogens is 1. The van der Waals surface area contributed by atoms with Gasteiger partial charge in [0.2, 0.25) is 0 Å². The van der Waals surface area contributed by atoms with Crippen molar-refractivity contribution in [3.63, 3.8) is 0 Å². The Bertz CT molecular complexity index is 392. The van der Waals surface area contributed by atoms with Gasteiger partial charge in [-0.2, -0.15) is 0 Å². The van der Waals surface area contributed by atoms with Crippen LogP contribution in [0.3, 0.4) is 0 Å². The van der Waals surface area contributed by atoms with Crippen molar-refractivity contribution in [3.8, 4) is 0 Å². The summed E-state index contributed by atoms with van der Waals surface area (Å²) in [6.07, 6.45) is 1.38. The molecule has 1 aliphatic carbocycles. The number of rotatable bonds is 5. The van der Waals surface area contributed by atoms with Gasteiger partial charge in [-0.05, 0) is 42.5 Å². The van der Waals surface area contributed by atoms with Gasteiger partial charge in [-0.1, -0.05) is 30.7 Å². The van der Waals surface area contributed by atoms with E-state index >= 15 is 0 Å². The fourth-order valence-corrected chi connectivity index (χ4v) is 2.52. The number of benzene rings is 1. The van der Waals surface area contributed by atoms with E-state index in [1.54, 1.807) is 0 Å². The van der Waals surface area contributed by atoms with Crippen molar-refractivity contribution in [2.45, 2.75) is 26.4 Å². The monoisotopic (exact) mass is 252 g/mol. The van der Waals surface area contributed by atoms with E-state index in [0.29, 0.717) is 6.54 Å². The highest BCUT2D eigenvalue weighted by Crippen LogP contribution is 2.38. The average Bonchev–Trinajstić information content (AvgIpc) is 2.97. The van der Waals surface area contributed by atoms with Crippen LogP contribution in [0.25, 0.3) is 0 Å². The molecule has 2 atom stereocenters. The Morgan fingerprint density at radius 3 is 2.71 bits per heavy atom. The van der Waals surface area contributed by atoms with Crippen LogP contribution in [-0.4, -0.2) is 18.5 Å². The van der Waals surface area contributed by atoms with Crippen molar-refractivity contribution in [1.29, 1.82) is 0 Å². The summed E-state index contributed by atoms with van der Waals surface area (Å²) in [4.78, 5) is 2.36. The van der Waals surface area contributed by atoms with Gasteiger partial charge in [-0.15, -0.1) is 0 Å². The molecule has 0 saturated heterocycles. The molecule has 1 aliphatic rings. The number of nitrogens with two attached hydrogens (primary N) is 1. The van der Waals surface area contributed by atoms with Crippen molar-refractivity contribution in [2.75, 3.05) is 13.6 Å². The second-order valence-electron chi connectivity index (χ2n) is 5.30. The first-order chi connectivity index (χ1) is 8.10. The van der Waals surface area contributed by atoms with Crippen molar-refractivity contribution < 1.29 is 0 Å². The zero-order valence-corrected chi connectivity index (χ0v) is 11.4. The van der Waals surface area contributed by atoms with Gasteiger partial charge in [0.25, 0.3) is 0 Å². The molecule has 2 N–H and O–H groups in total. The fourth-order valence-electron chi connectivity index (χ4n) is 2.26. The third kappa shape index (κ3) is 3.44. The van der Waals surface area contributed by atoms with E-state index < -0.39 is 0 Å². The van der Waals surface area contributed by atoms with E-state index in [1.165, 1.54) is 18.5 Å². The van der Waals surface area contributed by atoms with Crippen LogP contribution in [0, 0.1) is 11.8 Å². The molecule has 0 aromatic heterocycles. The second-order valence-corrected chi connectivity index (χ2v) is 5.71. The lowest BCUT2D eigenvalue weighted by Crippen LogP contribution is -2.21. The topological polar surface area (TPSA) is 29.3 Å². The minimum atomic E-state index is 0.551. The quantitative estimate of drug-likeness (QED) is 0.873. The first-order valence-electron chi connectivity index (χ1n) is 6.26. The van der Waals surface area contributed by atoms with Crippen LogP contribution < -0.4 is 5.73 Å². The summed E-state index contributed by atoms with van der Waals surface area (Å²) in [5, 5.41) is 0.837. The Morgan fingerprint density at radius 1 is 1.47 bits per heavy atom. The molecular formula is C14H21ClN2. The van der Waals surface area contributed by atoms with Crippen LogP contribution in [0.2, 0.25) is 5.02 Å². The highest BCUT2D eigenvalue weighted by atomic mass is 35.5. The minimum Gasteiger partial charge on any atom is -0.326 e. The van der Waals surface area contributed by atoms with Crippen molar-refractivity contribution >= 4 is 11.6 Å². The molecule has 2 unspecified atom stereocenters. The normalized spacial score (nSPS) is 23.1. The predicted molar refractivity (Wildman–Crippen MR) is 72.9 cm³/mol. The van der Waals surface area contributed by atoms with Crippen LogP contribution in [0.15, 0.2) is 18.2 Å². The van der Waals surface area contributed by atoms with E-state index in [-0.39, 0.29) is 0 Å². The molecule has 0 heterocycles. The van der Waals surface area contributed by atoms with Crippen LogP contribution in [-0.2, 0) is 13.1 Å². The molecule has 0 radical (unpaired) electrons. The lowest BCUT2D eigenvalue weighted by atomic mass is 10.1. The number of hydrogen-bond acceptors (Lipinski definition) is 2. The highest BCUT2D eigenvalue weighted by molar-refractivity contribution is 6.31. The van der Waals surface area contributed by atoms with Gasteiger partial charge in [0.1, 0.15) is 0 Å². The predicted octanol–water partition coefficient (Wildman–Crippen LogP) is 2.89. The zero-order valence-electron chi connectivity index (χ0n) is 10.6. The Morgan fingerprint density at radius 2 is 2.18 bits per heavy atom. The van der Waals surface area contributed by atoms with Crippen LogP contribution >= 0.6 is 11.6 Å². The molecule has 0 aliphatic heterocycles. The summed E-state index contributed by atoms with van der Waals surface area (Å²) >= 11 is 6.25. The average molecular weight is 253 g/mol. The summed E-state index contributed by atoms with van der Waals surface area (Å²) in [6, 6.07) is 6.14. The van der Waals surface area contributed by atoms with Crippen molar-refractivity contribution in [1.82, 2.24) is 4.90 Å². The van der Waals surface area contributed by atoms with Gasteiger partial charge in [-0.25, -0.2) is 0 Å². The van der Waals surface area contributed by atoms with E-state index in [0.717, 1.165) is 29.0 Å². The highest BCUT2D eigenvalue weighted by Gasteiger charge is 2.33. The molecule has 2 nitrogen and oxygen atoms in total. The van der Waals surface area contributed by atoms with Crippen LogP contribution in [0.5, 0.6) is 0 Å². The molecule has 1 saturated carbocycles. The maximum absolute atomic E-state index is 6.25. The van der Waals surface area contributed by atoms with Gasteiger partial charge in [0, 0.05) is 24.7 Å². The Hall–Kier alpha value is -0.570. The lowest BCUT2D eigenvalue weighted by Gasteiger charge is -2.17. The Labute approximate surface area is 109 Å². The van der Waals surface area contributed by atoms with Gasteiger partial charge in [0.05, 0.1) is 0 Å². The summed E-state index contributed by atoms with van der Waals surface area (Å²) in [5.41, 5.74) is 7.88. The lowest BCUT2D eigenvalue weighted by molar-refractivity contribution is 0.307. The van der Waals surface area contributed by atoms with E-state index in [2.05, 4.69) is 31.0 Å². The second kappa shape index (κ2) is 5.38. The fraction of sp³-hybridized carbons (Fsp3) is 0.571. The standard InChI is InChI=1S/C14H21ClN2/c1-10-5-13(10)9-17(2)8-12-4-3-11(7-16)6-14(12)15/h3-4,6,10,13H,5,7-9,16H2,1-2H3. The van der Waals surface area contributed by atoms with E-state index in [4.69, 9.17) is 17.3 Å². The SMILES string of the molecule is CC1CC1CN(C)Cc1ccc(CN)cc1Cl. The smallest absolute Gasteiger partial charge is 0.0454 e. The molecule has 0 bridgehead atoms. The molecule has 1 aromatic rings. The first-order valence-corrected chi connectivity index (χ1v) is 6.64. The zero-order chi connectivity index (χ0) is 12.4. The molecule has 1 fully saturated rings. The third-order valence-corrected chi connectivity index (χ3v) is 3.97. The Balaban J connectivity index is 1.93. The maximum atomic E-state index is 6.25. The molecular weight excluding hydrogens is 232 g/mol. The molecule has 94 valence electrons. The third-order valence-electron chi connectivity index (χ3n) is 3.62. The number of nitrogens with zero attached hydrogens (tertiary/aromatic N) is 1.